The third-order valence-corrected chi connectivity index (χ3v) is 3.73. The van der Waals surface area contributed by atoms with E-state index in [0.29, 0.717) is 23.2 Å². The minimum absolute atomic E-state index is 0. The largest absolute Gasteiger partial charge is 0.493 e. The molecule has 1 atom stereocenters. The Morgan fingerprint density at radius 1 is 1.38 bits per heavy atom. The maximum absolute atomic E-state index is 12.3. The molecule has 1 saturated heterocycles. The van der Waals surface area contributed by atoms with Crippen LogP contribution < -0.4 is 14.8 Å². The van der Waals surface area contributed by atoms with Crippen molar-refractivity contribution >= 4 is 12.4 Å². The predicted molar refractivity (Wildman–Crippen MR) is 84.8 cm³/mol. The van der Waals surface area contributed by atoms with Crippen molar-refractivity contribution in [1.29, 1.82) is 0 Å². The van der Waals surface area contributed by atoms with Gasteiger partial charge in [0.1, 0.15) is 0 Å². The van der Waals surface area contributed by atoms with Crippen LogP contribution in [0.1, 0.15) is 12.3 Å². The lowest BCUT2D eigenvalue weighted by atomic mass is 10.1. The summed E-state index contributed by atoms with van der Waals surface area (Å²) in [5.74, 6) is 1.62. The zero-order chi connectivity index (χ0) is 16.2. The second-order valence-electron chi connectivity index (χ2n) is 5.32. The molecule has 0 bridgehead atoms. The third-order valence-electron chi connectivity index (χ3n) is 3.73. The molecule has 2 aromatic rings. The first-order valence-electron chi connectivity index (χ1n) is 7.32. The maximum atomic E-state index is 12.3. The molecular formula is C15H18ClF2N3O3. The Kier molecular flexibility index (Phi) is 6.33. The van der Waals surface area contributed by atoms with Gasteiger partial charge in [-0.2, -0.15) is 13.8 Å². The first-order chi connectivity index (χ1) is 11.2. The Labute approximate surface area is 143 Å². The summed E-state index contributed by atoms with van der Waals surface area (Å²) in [6.45, 7) is -0.953. The van der Waals surface area contributed by atoms with Crippen LogP contribution in [0.4, 0.5) is 8.78 Å². The van der Waals surface area contributed by atoms with Gasteiger partial charge in [-0.1, -0.05) is 5.16 Å². The van der Waals surface area contributed by atoms with E-state index in [1.807, 2.05) is 0 Å². The molecule has 6 nitrogen and oxygen atoms in total. The van der Waals surface area contributed by atoms with Crippen LogP contribution in [0, 0.1) is 5.92 Å². The molecule has 0 radical (unpaired) electrons. The van der Waals surface area contributed by atoms with E-state index < -0.39 is 6.61 Å². The van der Waals surface area contributed by atoms with Crippen molar-refractivity contribution in [2.75, 3.05) is 20.2 Å². The molecule has 1 N–H and O–H groups in total. The number of nitrogens with zero attached hydrogens (tertiary/aromatic N) is 2. The van der Waals surface area contributed by atoms with Gasteiger partial charge in [-0.05, 0) is 43.6 Å². The van der Waals surface area contributed by atoms with Crippen LogP contribution >= 0.6 is 12.4 Å². The molecule has 3 rings (SSSR count). The molecule has 0 saturated carbocycles. The maximum Gasteiger partial charge on any atom is 0.387 e. The van der Waals surface area contributed by atoms with Gasteiger partial charge >= 0.3 is 6.61 Å². The lowest BCUT2D eigenvalue weighted by Gasteiger charge is -2.10. The van der Waals surface area contributed by atoms with Crippen LogP contribution in [0.3, 0.4) is 0 Å². The number of hydrogen-bond acceptors (Lipinski definition) is 6. The first kappa shape index (κ1) is 18.4. The van der Waals surface area contributed by atoms with E-state index in [1.54, 1.807) is 12.1 Å². The number of benzene rings is 1. The number of alkyl halides is 2. The van der Waals surface area contributed by atoms with Crippen molar-refractivity contribution in [3.8, 4) is 22.9 Å². The second-order valence-corrected chi connectivity index (χ2v) is 5.32. The molecule has 0 aliphatic carbocycles. The fourth-order valence-electron chi connectivity index (χ4n) is 2.59. The number of halogens is 3. The van der Waals surface area contributed by atoms with E-state index in [1.165, 1.54) is 13.2 Å². The van der Waals surface area contributed by atoms with Gasteiger partial charge < -0.3 is 19.3 Å². The molecule has 1 aliphatic rings. The first-order valence-corrected chi connectivity index (χ1v) is 7.32. The Hall–Kier alpha value is -1.93. The molecule has 24 heavy (non-hydrogen) atoms. The number of aromatic nitrogens is 2. The van der Waals surface area contributed by atoms with Crippen LogP contribution in [-0.4, -0.2) is 37.0 Å². The molecule has 2 heterocycles. The van der Waals surface area contributed by atoms with Gasteiger partial charge in [-0.3, -0.25) is 0 Å². The molecule has 1 aromatic heterocycles. The quantitative estimate of drug-likeness (QED) is 0.853. The van der Waals surface area contributed by atoms with Crippen molar-refractivity contribution in [2.45, 2.75) is 19.5 Å². The summed E-state index contributed by atoms with van der Waals surface area (Å²) >= 11 is 0. The molecule has 1 unspecified atom stereocenters. The van der Waals surface area contributed by atoms with Gasteiger partial charge in [0.05, 0.1) is 7.11 Å². The zero-order valence-corrected chi connectivity index (χ0v) is 13.8. The van der Waals surface area contributed by atoms with Gasteiger partial charge in [0, 0.05) is 12.0 Å². The molecule has 1 fully saturated rings. The number of ether oxygens (including phenoxy) is 2. The van der Waals surface area contributed by atoms with E-state index in [4.69, 9.17) is 9.26 Å². The normalized spacial score (nSPS) is 16.9. The Morgan fingerprint density at radius 3 is 2.88 bits per heavy atom. The highest BCUT2D eigenvalue weighted by Gasteiger charge is 2.19. The van der Waals surface area contributed by atoms with Gasteiger partial charge in [-0.25, -0.2) is 0 Å². The summed E-state index contributed by atoms with van der Waals surface area (Å²) in [5.41, 5.74) is 0.614. The zero-order valence-electron chi connectivity index (χ0n) is 13.0. The highest BCUT2D eigenvalue weighted by molar-refractivity contribution is 5.85. The van der Waals surface area contributed by atoms with Crippen LogP contribution in [0.15, 0.2) is 22.7 Å². The Morgan fingerprint density at radius 2 is 2.21 bits per heavy atom. The number of hydrogen-bond donors (Lipinski definition) is 1. The van der Waals surface area contributed by atoms with Crippen molar-refractivity contribution in [3.05, 3.63) is 24.1 Å². The fourth-order valence-corrected chi connectivity index (χ4v) is 2.59. The van der Waals surface area contributed by atoms with Gasteiger partial charge in [0.25, 0.3) is 0 Å². The van der Waals surface area contributed by atoms with E-state index in [9.17, 15) is 8.78 Å². The SMILES string of the molecule is COc1cc(-c2noc(CC3CCNC3)n2)ccc1OC(F)F.Cl. The highest BCUT2D eigenvalue weighted by atomic mass is 35.5. The molecule has 0 amide bonds. The molecule has 1 aliphatic heterocycles. The lowest BCUT2D eigenvalue weighted by molar-refractivity contribution is -0.0512. The van der Waals surface area contributed by atoms with E-state index in [2.05, 4.69) is 20.2 Å². The monoisotopic (exact) mass is 361 g/mol. The summed E-state index contributed by atoms with van der Waals surface area (Å²) in [6.07, 6.45) is 1.81. The van der Waals surface area contributed by atoms with Crippen LogP contribution in [0.25, 0.3) is 11.4 Å². The Bertz CT molecular complexity index is 663. The average Bonchev–Trinajstić information content (AvgIpc) is 3.19. The summed E-state index contributed by atoms with van der Waals surface area (Å²) in [4.78, 5) is 4.36. The summed E-state index contributed by atoms with van der Waals surface area (Å²) in [5, 5.41) is 7.23. The minimum atomic E-state index is -2.91. The number of nitrogens with one attached hydrogen (secondary N) is 1. The topological polar surface area (TPSA) is 69.4 Å². The smallest absolute Gasteiger partial charge is 0.387 e. The van der Waals surface area contributed by atoms with Crippen LogP contribution in [-0.2, 0) is 6.42 Å². The van der Waals surface area contributed by atoms with Gasteiger partial charge in [-0.15, -0.1) is 12.4 Å². The molecule has 132 valence electrons. The molecular weight excluding hydrogens is 344 g/mol. The van der Waals surface area contributed by atoms with Gasteiger partial charge in [0.2, 0.25) is 11.7 Å². The van der Waals surface area contributed by atoms with E-state index in [-0.39, 0.29) is 23.9 Å². The van der Waals surface area contributed by atoms with Crippen molar-refractivity contribution < 1.29 is 22.8 Å². The second kappa shape index (κ2) is 8.25. The summed E-state index contributed by atoms with van der Waals surface area (Å²) in [6, 6.07) is 4.53. The fraction of sp³-hybridized carbons (Fsp3) is 0.467. The molecule has 0 spiro atoms. The van der Waals surface area contributed by atoms with Crippen molar-refractivity contribution in [1.82, 2.24) is 15.5 Å². The number of methoxy groups -OCH3 is 1. The highest BCUT2D eigenvalue weighted by Crippen LogP contribution is 2.32. The number of rotatable bonds is 6. The van der Waals surface area contributed by atoms with Gasteiger partial charge in [0.15, 0.2) is 11.5 Å². The minimum Gasteiger partial charge on any atom is -0.493 e. The van der Waals surface area contributed by atoms with E-state index in [0.717, 1.165) is 25.9 Å². The third kappa shape index (κ3) is 4.33. The van der Waals surface area contributed by atoms with Crippen molar-refractivity contribution in [3.63, 3.8) is 0 Å². The molecule has 1 aromatic carbocycles. The van der Waals surface area contributed by atoms with Crippen LogP contribution in [0.2, 0.25) is 0 Å². The Balaban J connectivity index is 0.00000208. The summed E-state index contributed by atoms with van der Waals surface area (Å²) < 4.78 is 39.4. The summed E-state index contributed by atoms with van der Waals surface area (Å²) in [7, 11) is 1.38. The lowest BCUT2D eigenvalue weighted by Crippen LogP contribution is -2.10. The standard InChI is InChI=1S/C15H17F2N3O3.ClH/c1-21-12-7-10(2-3-11(12)22-15(16)17)14-19-13(23-20-14)6-9-4-5-18-8-9;/h2-3,7,9,15,18H,4-6,8H2,1H3;1H. The predicted octanol–water partition coefficient (Wildman–Crippen LogP) is 2.92. The average molecular weight is 362 g/mol. The van der Waals surface area contributed by atoms with Crippen LogP contribution in [0.5, 0.6) is 11.5 Å². The van der Waals surface area contributed by atoms with E-state index >= 15 is 0 Å². The van der Waals surface area contributed by atoms with Crippen molar-refractivity contribution in [2.24, 2.45) is 5.92 Å². The molecule has 9 heteroatoms.